The lowest BCUT2D eigenvalue weighted by Gasteiger charge is -2.30. The fraction of sp³-hybridized carbons (Fsp3) is 0.667. The summed E-state index contributed by atoms with van der Waals surface area (Å²) in [5, 5.41) is 8.99. The maximum atomic E-state index is 10.9. The molecule has 1 aliphatic rings. The first-order chi connectivity index (χ1) is 11.6. The highest BCUT2D eigenvalue weighted by Gasteiger charge is 2.22. The number of hydrogen-bond acceptors (Lipinski definition) is 6. The van der Waals surface area contributed by atoms with Gasteiger partial charge in [-0.15, -0.1) is 0 Å². The first-order valence-electron chi connectivity index (χ1n) is 7.89. The first kappa shape index (κ1) is 18.9. The zero-order chi connectivity index (χ0) is 17.2. The minimum Gasteiger partial charge on any atom is -0.465 e. The Morgan fingerprint density at radius 3 is 2.71 bits per heavy atom. The molecule has 0 bridgehead atoms. The third-order valence-corrected chi connectivity index (χ3v) is 3.98. The van der Waals surface area contributed by atoms with Crippen molar-refractivity contribution in [3.8, 4) is 6.01 Å². The summed E-state index contributed by atoms with van der Waals surface area (Å²) in [5.41, 5.74) is 0. The molecule has 0 aromatic carbocycles. The summed E-state index contributed by atoms with van der Waals surface area (Å²) in [6.07, 6.45) is 4.29. The molecule has 1 amide bonds. The Morgan fingerprint density at radius 2 is 1.96 bits per heavy atom. The highest BCUT2D eigenvalue weighted by Crippen LogP contribution is 2.16. The Labute approximate surface area is 149 Å². The van der Waals surface area contributed by atoms with Gasteiger partial charge in [-0.1, -0.05) is 0 Å². The zero-order valence-electron chi connectivity index (χ0n) is 13.4. The molecule has 1 aliphatic heterocycles. The van der Waals surface area contributed by atoms with Crippen LogP contribution in [-0.2, 0) is 9.47 Å². The predicted octanol–water partition coefficient (Wildman–Crippen LogP) is 2.04. The van der Waals surface area contributed by atoms with Crippen molar-refractivity contribution in [1.82, 2.24) is 14.9 Å². The third-order valence-electron chi connectivity index (χ3n) is 3.57. The number of hydrogen-bond donors (Lipinski definition) is 1. The SMILES string of the molecule is O=C(O)N1CCCC(COCCOCCOc2ncc(Br)cn2)C1. The number of rotatable bonds is 9. The monoisotopic (exact) mass is 403 g/mol. The molecule has 24 heavy (non-hydrogen) atoms. The summed E-state index contributed by atoms with van der Waals surface area (Å²) in [4.78, 5) is 20.4. The number of aromatic nitrogens is 2. The van der Waals surface area contributed by atoms with Gasteiger partial charge in [-0.05, 0) is 28.8 Å². The van der Waals surface area contributed by atoms with Crippen LogP contribution in [0.5, 0.6) is 6.01 Å². The highest BCUT2D eigenvalue weighted by atomic mass is 79.9. The number of piperidine rings is 1. The fourth-order valence-electron chi connectivity index (χ4n) is 2.41. The van der Waals surface area contributed by atoms with Crippen molar-refractivity contribution in [2.24, 2.45) is 5.92 Å². The summed E-state index contributed by atoms with van der Waals surface area (Å²) in [6.45, 7) is 3.50. The maximum Gasteiger partial charge on any atom is 0.407 e. The topological polar surface area (TPSA) is 94.0 Å². The average molecular weight is 404 g/mol. The molecule has 1 aromatic rings. The second-order valence-electron chi connectivity index (χ2n) is 5.46. The van der Waals surface area contributed by atoms with E-state index in [1.807, 2.05) is 0 Å². The molecule has 8 nitrogen and oxygen atoms in total. The van der Waals surface area contributed by atoms with Gasteiger partial charge >= 0.3 is 12.1 Å². The van der Waals surface area contributed by atoms with Crippen molar-refractivity contribution < 1.29 is 24.1 Å². The molecule has 2 rings (SSSR count). The number of ether oxygens (including phenoxy) is 3. The molecule has 0 spiro atoms. The van der Waals surface area contributed by atoms with Gasteiger partial charge < -0.3 is 24.2 Å². The molecule has 2 heterocycles. The Morgan fingerprint density at radius 1 is 1.25 bits per heavy atom. The van der Waals surface area contributed by atoms with E-state index in [1.165, 1.54) is 4.90 Å². The fourth-order valence-corrected chi connectivity index (χ4v) is 2.62. The molecule has 9 heteroatoms. The molecule has 0 radical (unpaired) electrons. The van der Waals surface area contributed by atoms with Crippen molar-refractivity contribution in [1.29, 1.82) is 0 Å². The molecule has 1 N–H and O–H groups in total. The Balaban J connectivity index is 1.45. The molecule has 134 valence electrons. The minimum absolute atomic E-state index is 0.271. The summed E-state index contributed by atoms with van der Waals surface area (Å²) < 4.78 is 17.1. The van der Waals surface area contributed by atoms with Crippen molar-refractivity contribution in [2.75, 3.05) is 46.1 Å². The number of nitrogens with zero attached hydrogens (tertiary/aromatic N) is 3. The van der Waals surface area contributed by atoms with Gasteiger partial charge in [0.1, 0.15) is 6.61 Å². The van der Waals surface area contributed by atoms with E-state index in [4.69, 9.17) is 19.3 Å². The molecular formula is C15H22BrN3O5. The quantitative estimate of drug-likeness (QED) is 0.630. The van der Waals surface area contributed by atoms with Crippen molar-refractivity contribution in [2.45, 2.75) is 12.8 Å². The summed E-state index contributed by atoms with van der Waals surface area (Å²) >= 11 is 3.25. The molecule has 0 aliphatic carbocycles. The lowest BCUT2D eigenvalue weighted by molar-refractivity contribution is 0.0129. The number of amides is 1. The summed E-state index contributed by atoms with van der Waals surface area (Å²) in [5.74, 6) is 0.271. The van der Waals surface area contributed by atoms with Gasteiger partial charge in [-0.3, -0.25) is 0 Å². The van der Waals surface area contributed by atoms with Gasteiger partial charge in [0.05, 0.1) is 30.9 Å². The van der Waals surface area contributed by atoms with Crippen LogP contribution in [0.2, 0.25) is 0 Å². The predicted molar refractivity (Wildman–Crippen MR) is 89.2 cm³/mol. The lowest BCUT2D eigenvalue weighted by atomic mass is 9.99. The molecule has 0 saturated carbocycles. The summed E-state index contributed by atoms with van der Waals surface area (Å²) in [7, 11) is 0. The first-order valence-corrected chi connectivity index (χ1v) is 8.68. The number of carbonyl (C=O) groups is 1. The molecular weight excluding hydrogens is 382 g/mol. The zero-order valence-corrected chi connectivity index (χ0v) is 15.0. The van der Waals surface area contributed by atoms with Crippen LogP contribution in [0.15, 0.2) is 16.9 Å². The van der Waals surface area contributed by atoms with E-state index in [0.29, 0.717) is 52.1 Å². The largest absolute Gasteiger partial charge is 0.465 e. The van der Waals surface area contributed by atoms with Gasteiger partial charge in [-0.25, -0.2) is 14.8 Å². The van der Waals surface area contributed by atoms with E-state index in [9.17, 15) is 4.79 Å². The molecule has 1 aromatic heterocycles. The van der Waals surface area contributed by atoms with Crippen molar-refractivity contribution in [3.63, 3.8) is 0 Å². The van der Waals surface area contributed by atoms with Crippen LogP contribution in [0.1, 0.15) is 12.8 Å². The van der Waals surface area contributed by atoms with Gasteiger partial charge in [0, 0.05) is 31.4 Å². The van der Waals surface area contributed by atoms with Gasteiger partial charge in [0.2, 0.25) is 0 Å². The van der Waals surface area contributed by atoms with Crippen LogP contribution < -0.4 is 4.74 Å². The summed E-state index contributed by atoms with van der Waals surface area (Å²) in [6, 6.07) is 0.318. The average Bonchev–Trinajstić information content (AvgIpc) is 2.59. The number of carboxylic acid groups (broad SMARTS) is 1. The third kappa shape index (κ3) is 6.98. The van der Waals surface area contributed by atoms with Crippen LogP contribution in [0, 0.1) is 5.92 Å². The van der Waals surface area contributed by atoms with Crippen molar-refractivity contribution >= 4 is 22.0 Å². The van der Waals surface area contributed by atoms with E-state index >= 15 is 0 Å². The molecule has 1 saturated heterocycles. The van der Waals surface area contributed by atoms with Crippen LogP contribution in [0.4, 0.5) is 4.79 Å². The van der Waals surface area contributed by atoms with Crippen LogP contribution in [0.3, 0.4) is 0 Å². The van der Waals surface area contributed by atoms with Gasteiger partial charge in [0.25, 0.3) is 0 Å². The Kier molecular flexibility index (Phi) is 8.20. The molecule has 1 atom stereocenters. The Hall–Kier alpha value is -1.45. The van der Waals surface area contributed by atoms with Crippen LogP contribution in [-0.4, -0.2) is 72.2 Å². The van der Waals surface area contributed by atoms with E-state index in [2.05, 4.69) is 25.9 Å². The van der Waals surface area contributed by atoms with E-state index in [1.54, 1.807) is 12.4 Å². The highest BCUT2D eigenvalue weighted by molar-refractivity contribution is 9.10. The van der Waals surface area contributed by atoms with E-state index in [0.717, 1.165) is 17.3 Å². The second kappa shape index (κ2) is 10.4. The minimum atomic E-state index is -0.849. The van der Waals surface area contributed by atoms with Crippen LogP contribution >= 0.6 is 15.9 Å². The smallest absolute Gasteiger partial charge is 0.407 e. The van der Waals surface area contributed by atoms with E-state index < -0.39 is 6.09 Å². The second-order valence-corrected chi connectivity index (χ2v) is 6.37. The van der Waals surface area contributed by atoms with Gasteiger partial charge in [-0.2, -0.15) is 0 Å². The Bertz CT molecular complexity index is 502. The molecule has 1 fully saturated rings. The normalized spacial score (nSPS) is 17.7. The number of likely N-dealkylation sites (tertiary alicyclic amines) is 1. The maximum absolute atomic E-state index is 10.9. The van der Waals surface area contributed by atoms with Crippen molar-refractivity contribution in [3.05, 3.63) is 16.9 Å². The van der Waals surface area contributed by atoms with E-state index in [-0.39, 0.29) is 5.92 Å². The molecule has 1 unspecified atom stereocenters. The van der Waals surface area contributed by atoms with Gasteiger partial charge in [0.15, 0.2) is 0 Å². The standard InChI is InChI=1S/C15H22BrN3O5/c16-13-8-17-14(18-9-13)24-7-6-22-4-5-23-11-12-2-1-3-19(10-12)15(20)21/h8-9,12H,1-7,10-11H2,(H,20,21). The lowest BCUT2D eigenvalue weighted by Crippen LogP contribution is -2.40. The van der Waals surface area contributed by atoms with Crippen LogP contribution in [0.25, 0.3) is 0 Å². The number of halogens is 1.